The summed E-state index contributed by atoms with van der Waals surface area (Å²) in [6, 6.07) is 23.0. The zero-order chi connectivity index (χ0) is 14.5. The van der Waals surface area contributed by atoms with Gasteiger partial charge >= 0.3 is 0 Å². The summed E-state index contributed by atoms with van der Waals surface area (Å²) in [7, 11) is 0. The van der Waals surface area contributed by atoms with Crippen molar-refractivity contribution in [3.05, 3.63) is 84.7 Å². The van der Waals surface area contributed by atoms with Gasteiger partial charge in [-0.15, -0.1) is 0 Å². The minimum absolute atomic E-state index is 0.209. The molecule has 0 aliphatic heterocycles. The van der Waals surface area contributed by atoms with E-state index in [9.17, 15) is 4.79 Å². The van der Waals surface area contributed by atoms with Gasteiger partial charge in [0.25, 0.3) is 5.91 Å². The molecule has 0 radical (unpaired) electrons. The van der Waals surface area contributed by atoms with Gasteiger partial charge in [0.05, 0.1) is 0 Å². The highest BCUT2D eigenvalue weighted by Crippen LogP contribution is 2.27. The van der Waals surface area contributed by atoms with Gasteiger partial charge in [-0.05, 0) is 23.8 Å². The number of anilines is 1. The molecule has 0 saturated heterocycles. The third-order valence-corrected chi connectivity index (χ3v) is 3.16. The monoisotopic (exact) mass is 274 g/mol. The van der Waals surface area contributed by atoms with E-state index < -0.39 is 0 Å². The molecular formula is C18H14N2O. The zero-order valence-corrected chi connectivity index (χ0v) is 11.4. The first-order valence-electron chi connectivity index (χ1n) is 6.71. The van der Waals surface area contributed by atoms with E-state index in [-0.39, 0.29) is 5.91 Å². The van der Waals surface area contributed by atoms with E-state index in [1.807, 2.05) is 54.6 Å². The van der Waals surface area contributed by atoms with Crippen LogP contribution in [0.4, 0.5) is 5.69 Å². The van der Waals surface area contributed by atoms with E-state index in [0.717, 1.165) is 16.8 Å². The summed E-state index contributed by atoms with van der Waals surface area (Å²) in [5.41, 5.74) is 3.23. The van der Waals surface area contributed by atoms with Crippen molar-refractivity contribution in [1.29, 1.82) is 0 Å². The van der Waals surface area contributed by atoms with Crippen LogP contribution in [0, 0.1) is 0 Å². The lowest BCUT2D eigenvalue weighted by atomic mass is 10.0. The molecule has 3 heteroatoms. The molecule has 102 valence electrons. The lowest BCUT2D eigenvalue weighted by Crippen LogP contribution is -2.13. The van der Waals surface area contributed by atoms with E-state index >= 15 is 0 Å². The molecule has 0 spiro atoms. The molecule has 0 aliphatic carbocycles. The second kappa shape index (κ2) is 6.01. The highest BCUT2D eigenvalue weighted by Gasteiger charge is 2.10. The molecule has 0 saturated carbocycles. The normalized spacial score (nSPS) is 10.1. The third-order valence-electron chi connectivity index (χ3n) is 3.16. The number of nitrogens with zero attached hydrogens (tertiary/aromatic N) is 1. The van der Waals surface area contributed by atoms with Gasteiger partial charge in [0, 0.05) is 17.4 Å². The van der Waals surface area contributed by atoms with Gasteiger partial charge < -0.3 is 5.32 Å². The second-order valence-electron chi connectivity index (χ2n) is 4.58. The van der Waals surface area contributed by atoms with Crippen LogP contribution in [-0.4, -0.2) is 10.9 Å². The summed E-state index contributed by atoms with van der Waals surface area (Å²) in [5.74, 6) is -0.209. The fourth-order valence-corrected chi connectivity index (χ4v) is 2.14. The van der Waals surface area contributed by atoms with Crippen molar-refractivity contribution in [2.45, 2.75) is 0 Å². The minimum atomic E-state index is -0.209. The van der Waals surface area contributed by atoms with Gasteiger partial charge in [-0.2, -0.15) is 0 Å². The number of pyridine rings is 1. The van der Waals surface area contributed by atoms with Crippen molar-refractivity contribution in [2.75, 3.05) is 5.32 Å². The summed E-state index contributed by atoms with van der Waals surface area (Å²) in [5, 5.41) is 2.92. The van der Waals surface area contributed by atoms with Crippen LogP contribution in [0.15, 0.2) is 79.0 Å². The molecule has 21 heavy (non-hydrogen) atoms. The maximum absolute atomic E-state index is 12.2. The largest absolute Gasteiger partial charge is 0.320 e. The Bertz CT molecular complexity index is 739. The summed E-state index contributed by atoms with van der Waals surface area (Å²) >= 11 is 0. The molecular weight excluding hydrogens is 260 g/mol. The number of hydrogen-bond donors (Lipinski definition) is 1. The lowest BCUT2D eigenvalue weighted by Gasteiger charge is -2.11. The summed E-state index contributed by atoms with van der Waals surface area (Å²) in [6.45, 7) is 0. The van der Waals surface area contributed by atoms with Crippen LogP contribution in [0.5, 0.6) is 0 Å². The average molecular weight is 274 g/mol. The lowest BCUT2D eigenvalue weighted by molar-refractivity contribution is 0.102. The minimum Gasteiger partial charge on any atom is -0.320 e. The maximum atomic E-state index is 12.2. The highest BCUT2D eigenvalue weighted by atomic mass is 16.1. The Morgan fingerprint density at radius 2 is 1.52 bits per heavy atom. The number of para-hydroxylation sites is 1. The summed E-state index contributed by atoms with van der Waals surface area (Å²) in [6.07, 6.45) is 1.61. The van der Waals surface area contributed by atoms with Gasteiger partial charge in [0.15, 0.2) is 0 Å². The molecule has 0 unspecified atom stereocenters. The first-order chi connectivity index (χ1) is 10.3. The van der Waals surface area contributed by atoms with E-state index in [4.69, 9.17) is 0 Å². The Labute approximate surface area is 123 Å². The van der Waals surface area contributed by atoms with Crippen molar-refractivity contribution < 1.29 is 4.79 Å². The number of carbonyl (C=O) groups is 1. The number of benzene rings is 2. The second-order valence-corrected chi connectivity index (χ2v) is 4.58. The molecule has 2 aromatic carbocycles. The Kier molecular flexibility index (Phi) is 3.74. The Hall–Kier alpha value is -2.94. The SMILES string of the molecule is O=C(Nc1ccccc1-c1ccccc1)c1ccccn1. The van der Waals surface area contributed by atoms with Crippen molar-refractivity contribution in [3.63, 3.8) is 0 Å². The van der Waals surface area contributed by atoms with Crippen molar-refractivity contribution in [1.82, 2.24) is 4.98 Å². The van der Waals surface area contributed by atoms with Crippen LogP contribution in [0.3, 0.4) is 0 Å². The molecule has 0 bridgehead atoms. The Balaban J connectivity index is 1.92. The first-order valence-corrected chi connectivity index (χ1v) is 6.71. The Morgan fingerprint density at radius 1 is 0.810 bits per heavy atom. The number of rotatable bonds is 3. The molecule has 3 nitrogen and oxygen atoms in total. The number of nitrogens with one attached hydrogen (secondary N) is 1. The Morgan fingerprint density at radius 3 is 2.29 bits per heavy atom. The zero-order valence-electron chi connectivity index (χ0n) is 11.4. The van der Waals surface area contributed by atoms with E-state index in [1.54, 1.807) is 24.4 Å². The van der Waals surface area contributed by atoms with Crippen LogP contribution in [-0.2, 0) is 0 Å². The standard InChI is InChI=1S/C18H14N2O/c21-18(17-12-6-7-13-19-17)20-16-11-5-4-10-15(16)14-8-2-1-3-9-14/h1-13H,(H,20,21). The summed E-state index contributed by atoms with van der Waals surface area (Å²) in [4.78, 5) is 16.3. The predicted molar refractivity (Wildman–Crippen MR) is 84.1 cm³/mol. The number of amides is 1. The average Bonchev–Trinajstić information content (AvgIpc) is 2.57. The fourth-order valence-electron chi connectivity index (χ4n) is 2.14. The van der Waals surface area contributed by atoms with Gasteiger partial charge in [-0.1, -0.05) is 54.6 Å². The molecule has 1 N–H and O–H groups in total. The van der Waals surface area contributed by atoms with E-state index in [0.29, 0.717) is 5.69 Å². The van der Waals surface area contributed by atoms with E-state index in [2.05, 4.69) is 10.3 Å². The molecule has 1 heterocycles. The van der Waals surface area contributed by atoms with Crippen LogP contribution in [0.2, 0.25) is 0 Å². The highest BCUT2D eigenvalue weighted by molar-refractivity contribution is 6.05. The van der Waals surface area contributed by atoms with Crippen molar-refractivity contribution in [2.24, 2.45) is 0 Å². The number of hydrogen-bond acceptors (Lipinski definition) is 2. The van der Waals surface area contributed by atoms with Crippen LogP contribution < -0.4 is 5.32 Å². The molecule has 0 aliphatic rings. The molecule has 3 rings (SSSR count). The van der Waals surface area contributed by atoms with Crippen LogP contribution in [0.1, 0.15) is 10.5 Å². The molecule has 0 fully saturated rings. The van der Waals surface area contributed by atoms with Gasteiger partial charge in [0.1, 0.15) is 5.69 Å². The quantitative estimate of drug-likeness (QED) is 0.784. The third kappa shape index (κ3) is 2.98. The number of carbonyl (C=O) groups excluding carboxylic acids is 1. The smallest absolute Gasteiger partial charge is 0.274 e. The van der Waals surface area contributed by atoms with Gasteiger partial charge in [0.2, 0.25) is 0 Å². The van der Waals surface area contributed by atoms with E-state index in [1.165, 1.54) is 0 Å². The predicted octanol–water partition coefficient (Wildman–Crippen LogP) is 4.00. The van der Waals surface area contributed by atoms with Crippen molar-refractivity contribution in [3.8, 4) is 11.1 Å². The number of aromatic nitrogens is 1. The fraction of sp³-hybridized carbons (Fsp3) is 0. The molecule has 0 atom stereocenters. The van der Waals surface area contributed by atoms with Crippen molar-refractivity contribution >= 4 is 11.6 Å². The van der Waals surface area contributed by atoms with Crippen LogP contribution >= 0.6 is 0 Å². The van der Waals surface area contributed by atoms with Crippen LogP contribution in [0.25, 0.3) is 11.1 Å². The summed E-state index contributed by atoms with van der Waals surface area (Å²) < 4.78 is 0. The maximum Gasteiger partial charge on any atom is 0.274 e. The first kappa shape index (κ1) is 13.1. The van der Waals surface area contributed by atoms with Gasteiger partial charge in [-0.25, -0.2) is 0 Å². The molecule has 1 aromatic heterocycles. The molecule has 3 aromatic rings. The topological polar surface area (TPSA) is 42.0 Å². The van der Waals surface area contributed by atoms with Gasteiger partial charge in [-0.3, -0.25) is 9.78 Å². The molecule has 1 amide bonds.